The van der Waals surface area contributed by atoms with Gasteiger partial charge in [0.1, 0.15) is 59.8 Å². The Morgan fingerprint density at radius 1 is 0.622 bits per heavy atom. The van der Waals surface area contributed by atoms with E-state index in [9.17, 15) is 38.4 Å². The molecular weight excluding hydrogens is 1260 g/mol. The molecule has 2 aromatic carbocycles. The van der Waals surface area contributed by atoms with Gasteiger partial charge in [0, 0.05) is 103 Å². The van der Waals surface area contributed by atoms with E-state index in [-0.39, 0.29) is 95.3 Å². The fourth-order valence-corrected chi connectivity index (χ4v) is 14.6. The van der Waals surface area contributed by atoms with Crippen molar-refractivity contribution in [2.24, 2.45) is 47.5 Å². The van der Waals surface area contributed by atoms with E-state index in [2.05, 4.69) is 51.8 Å². The van der Waals surface area contributed by atoms with Gasteiger partial charge in [-0.3, -0.25) is 52.6 Å². The molecule has 25 nitrogen and oxygen atoms in total. The molecule has 0 bridgehead atoms. The molecule has 2 aromatic heterocycles. The van der Waals surface area contributed by atoms with Gasteiger partial charge in [-0.15, -0.1) is 0 Å². The average molecular weight is 1360 g/mol. The Kier molecular flexibility index (Phi) is 22.0. The number of amides is 8. The lowest BCUT2D eigenvalue weighted by Crippen LogP contribution is -2.59. The fourth-order valence-electron chi connectivity index (χ4n) is 14.6. The van der Waals surface area contributed by atoms with E-state index in [1.807, 2.05) is 27.9 Å². The normalized spacial score (nSPS) is 21.2. The molecule has 27 heteroatoms. The minimum Gasteiger partial charge on any atom is -0.463 e. The van der Waals surface area contributed by atoms with E-state index in [1.54, 1.807) is 85.4 Å². The molecule has 6 fully saturated rings. The molecule has 0 unspecified atom stereocenters. The molecule has 0 radical (unpaired) electrons. The zero-order chi connectivity index (χ0) is 70.0. The summed E-state index contributed by atoms with van der Waals surface area (Å²) in [5.74, 6) is -5.79. The third kappa shape index (κ3) is 16.4. The number of hydrogen-bond donors (Lipinski definition) is 6. The number of carbonyl (C=O) groups is 8. The molecule has 98 heavy (non-hydrogen) atoms. The lowest BCUT2D eigenvalue weighted by Gasteiger charge is -2.41. The van der Waals surface area contributed by atoms with Crippen LogP contribution in [0.2, 0.25) is 0 Å². The predicted molar refractivity (Wildman–Crippen MR) is 363 cm³/mol. The molecule has 11 rings (SSSR count). The van der Waals surface area contributed by atoms with Gasteiger partial charge in [0.15, 0.2) is 0 Å². The average Bonchev–Trinajstić information content (AvgIpc) is 1.56. The van der Waals surface area contributed by atoms with Gasteiger partial charge < -0.3 is 56.2 Å². The Balaban J connectivity index is 0.756. The second-order valence-electron chi connectivity index (χ2n) is 28.5. The second kappa shape index (κ2) is 30.4. The van der Waals surface area contributed by atoms with E-state index in [0.717, 1.165) is 51.4 Å². The number of likely N-dealkylation sites (N-methyl/N-ethyl adjacent to an activating group) is 3. The summed E-state index contributed by atoms with van der Waals surface area (Å²) in [5.41, 5.74) is 1.75. The Hall–Kier alpha value is -8.33. The van der Waals surface area contributed by atoms with Crippen molar-refractivity contribution in [3.63, 3.8) is 0 Å². The predicted octanol–water partition coefficient (Wildman–Crippen LogP) is 5.10. The monoisotopic (exact) mass is 1360 g/mol. The molecule has 6 N–H and O–H groups in total. The van der Waals surface area contributed by atoms with E-state index in [4.69, 9.17) is 9.84 Å². The van der Waals surface area contributed by atoms with Crippen LogP contribution < -0.4 is 31.9 Å². The Morgan fingerprint density at radius 2 is 1.13 bits per heavy atom. The van der Waals surface area contributed by atoms with Crippen LogP contribution in [0.25, 0.3) is 0 Å². The molecule has 5 heterocycles. The number of benzene rings is 2. The van der Waals surface area contributed by atoms with Gasteiger partial charge in [0.2, 0.25) is 35.4 Å². The first-order valence-corrected chi connectivity index (χ1v) is 35.3. The maximum absolute atomic E-state index is 16.7. The van der Waals surface area contributed by atoms with Crippen LogP contribution in [0.4, 0.5) is 20.2 Å². The fraction of sp³-hybridized carbons (Fsp3) is 0.620. The first-order valence-electron chi connectivity index (χ1n) is 35.3. The van der Waals surface area contributed by atoms with Crippen LogP contribution >= 0.6 is 0 Å². The summed E-state index contributed by atoms with van der Waals surface area (Å²) in [6.45, 7) is 14.6. The first kappa shape index (κ1) is 71.0. The minimum atomic E-state index is -1.09. The first-order chi connectivity index (χ1) is 46.9. The molecule has 2 saturated heterocycles. The summed E-state index contributed by atoms with van der Waals surface area (Å²) in [5, 5.41) is 26.5. The van der Waals surface area contributed by atoms with Crippen LogP contribution in [0, 0.1) is 47.1 Å². The van der Waals surface area contributed by atoms with Gasteiger partial charge in [-0.1, -0.05) is 32.9 Å². The van der Waals surface area contributed by atoms with Crippen molar-refractivity contribution < 1.29 is 51.9 Å². The number of nitrogens with one attached hydrogen (secondary N) is 6. The minimum absolute atomic E-state index is 0.0723. The topological polar surface area (TPSA) is 282 Å². The standard InChI is InChI=1S/C71H98F2N16O9/c1-11-57(90)78-60(40(4)47-21-23-53(51(72)33-47)76-67(94)62(58(43-13-14-43)44-15-16-44)80-65(92)55-25-26-75-86(55)10)69(96)88-31-29-84(8)50(38-88)35-49-36-56(89(12-2)82-49)66(93)81-63(59(45-17-18-45)46-19-20-46)68(95)77-54-24-22-48(34-52(54)73)41(5)61(70(97)87-30-28-83(7)39(3)37-87)79-64(91)42(6)85(9)71-74-27-32-98-71/h21-26,33-34,36,39-46,50,58-63H,11-20,27-32,35,37-38H2,1-10H3,(H,76,94)(H,77,95)(H,78,90)(H,79,91)(H,80,92)(H,81,93)/t39-,40+,41+,42+,50-,60-,61-,62+,63+/m1/s1. The zero-order valence-corrected chi connectivity index (χ0v) is 58.2. The quantitative estimate of drug-likeness (QED) is 0.0432. The van der Waals surface area contributed by atoms with E-state index in [0.29, 0.717) is 87.4 Å². The van der Waals surface area contributed by atoms with Crippen LogP contribution in [-0.2, 0) is 53.5 Å². The molecule has 9 atom stereocenters. The maximum Gasteiger partial charge on any atom is 0.287 e. The number of aliphatic imine (C=N–C) groups is 1. The van der Waals surface area contributed by atoms with Gasteiger partial charge in [0.05, 0.1) is 23.6 Å². The van der Waals surface area contributed by atoms with Crippen LogP contribution in [0.15, 0.2) is 59.7 Å². The van der Waals surface area contributed by atoms with Crippen molar-refractivity contribution >= 4 is 64.7 Å². The Labute approximate surface area is 572 Å². The summed E-state index contributed by atoms with van der Waals surface area (Å²) in [4.78, 5) is 127. The van der Waals surface area contributed by atoms with E-state index in [1.165, 1.54) is 35.1 Å². The number of aryl methyl sites for hydroxylation is 2. The van der Waals surface area contributed by atoms with Gasteiger partial charge in [-0.25, -0.2) is 13.8 Å². The molecule has 4 saturated carbocycles. The molecule has 3 aliphatic heterocycles. The van der Waals surface area contributed by atoms with Gasteiger partial charge in [0.25, 0.3) is 17.8 Å². The lowest BCUT2D eigenvalue weighted by atomic mass is 9.88. The van der Waals surface area contributed by atoms with Gasteiger partial charge >= 0.3 is 0 Å². The highest BCUT2D eigenvalue weighted by atomic mass is 19.1. The van der Waals surface area contributed by atoms with E-state index >= 15 is 8.78 Å². The number of nitrogens with zero attached hydrogens (tertiary/aromatic N) is 10. The third-order valence-corrected chi connectivity index (χ3v) is 21.6. The lowest BCUT2D eigenvalue weighted by molar-refractivity contribution is -0.140. The number of hydrogen-bond acceptors (Lipinski definition) is 15. The molecular formula is C71H98F2N16O9. The summed E-state index contributed by atoms with van der Waals surface area (Å²) in [6, 6.07) is 7.30. The van der Waals surface area contributed by atoms with E-state index < -0.39 is 83.2 Å². The van der Waals surface area contributed by atoms with Crippen molar-refractivity contribution in [3.05, 3.63) is 94.6 Å². The van der Waals surface area contributed by atoms with Gasteiger partial charge in [-0.2, -0.15) is 10.2 Å². The van der Waals surface area contributed by atoms with Crippen molar-refractivity contribution in [1.82, 2.24) is 65.3 Å². The van der Waals surface area contributed by atoms with Crippen LogP contribution in [0.3, 0.4) is 0 Å². The molecule has 4 aromatic rings. The summed E-state index contributed by atoms with van der Waals surface area (Å²) in [6.07, 6.45) is 9.31. The van der Waals surface area contributed by atoms with Crippen molar-refractivity contribution in [3.8, 4) is 0 Å². The highest BCUT2D eigenvalue weighted by Gasteiger charge is 2.51. The molecule has 8 amide bonds. The highest BCUT2D eigenvalue weighted by molar-refractivity contribution is 6.02. The summed E-state index contributed by atoms with van der Waals surface area (Å²) in [7, 11) is 7.29. The number of ether oxygens (including phenoxy) is 1. The number of aromatic nitrogens is 4. The number of halogens is 2. The Morgan fingerprint density at radius 3 is 1.59 bits per heavy atom. The number of carbonyl (C=O) groups excluding carboxylic acids is 8. The number of piperazine rings is 2. The van der Waals surface area contributed by atoms with Crippen LogP contribution in [-0.4, -0.2) is 213 Å². The van der Waals surface area contributed by atoms with Crippen molar-refractivity contribution in [1.29, 1.82) is 0 Å². The highest BCUT2D eigenvalue weighted by Crippen LogP contribution is 2.52. The van der Waals surface area contributed by atoms with Crippen molar-refractivity contribution in [2.75, 3.05) is 84.2 Å². The number of amidine groups is 1. The Bertz CT molecular complexity index is 3630. The molecule has 4 aliphatic carbocycles. The number of anilines is 2. The second-order valence-corrected chi connectivity index (χ2v) is 28.5. The summed E-state index contributed by atoms with van der Waals surface area (Å²) >= 11 is 0. The van der Waals surface area contributed by atoms with Crippen molar-refractivity contribution in [2.45, 2.75) is 166 Å². The molecule has 0 spiro atoms. The largest absolute Gasteiger partial charge is 0.463 e. The zero-order valence-electron chi connectivity index (χ0n) is 58.2. The third-order valence-electron chi connectivity index (χ3n) is 21.6. The van der Waals surface area contributed by atoms with Crippen LogP contribution in [0.1, 0.15) is 149 Å². The maximum atomic E-state index is 16.7. The smallest absolute Gasteiger partial charge is 0.287 e. The SMILES string of the molecule is CCC(=O)N[C@@H](C(=O)N1CCN(C)[C@H](Cc2cc(C(=O)N[C@H](C(=O)Nc3ccc([C@H](C)[C@@H](NC(=O)[C@H](C)N(C)C4=NCCO4)C(=O)N4CCN(C)[C@H](C)C4)cc3F)C(C3CC3)C3CC3)n(CC)n2)C1)[C@@H](C)c1ccc(NC(=O)[C@@H](NC(=O)c2ccnn2C)C(C2CC2)C2CC2)c(F)c1. The van der Waals surface area contributed by atoms with Gasteiger partial charge in [-0.05, 0) is 169 Å². The van der Waals surface area contributed by atoms with Crippen LogP contribution in [0.5, 0.6) is 0 Å². The summed E-state index contributed by atoms with van der Waals surface area (Å²) < 4.78 is 41.7. The molecule has 530 valence electrons. The molecule has 7 aliphatic rings. The number of rotatable bonds is 28.